The van der Waals surface area contributed by atoms with E-state index in [9.17, 15) is 14.7 Å². The molecule has 1 fully saturated rings. The van der Waals surface area contributed by atoms with Gasteiger partial charge < -0.3 is 20.1 Å². The van der Waals surface area contributed by atoms with Crippen molar-refractivity contribution in [3.63, 3.8) is 0 Å². The van der Waals surface area contributed by atoms with Gasteiger partial charge in [0.05, 0.1) is 11.6 Å². The maximum absolute atomic E-state index is 12.3. The van der Waals surface area contributed by atoms with Crippen LogP contribution in [0.2, 0.25) is 5.02 Å². The lowest BCUT2D eigenvalue weighted by Crippen LogP contribution is -2.59. The van der Waals surface area contributed by atoms with Crippen LogP contribution in [0.15, 0.2) is 22.7 Å². The smallest absolute Gasteiger partial charge is 0.410 e. The summed E-state index contributed by atoms with van der Waals surface area (Å²) in [6, 6.07) is 5.11. The molecular formula is C17H22BrClN2O4. The van der Waals surface area contributed by atoms with Gasteiger partial charge in [0.25, 0.3) is 0 Å². The number of carbonyl (C=O) groups excluding carboxylic acids is 1. The largest absolute Gasteiger partial charge is 0.479 e. The predicted molar refractivity (Wildman–Crippen MR) is 100 cm³/mol. The van der Waals surface area contributed by atoms with Gasteiger partial charge in [0.1, 0.15) is 5.60 Å². The summed E-state index contributed by atoms with van der Waals surface area (Å²) in [6.45, 7) is 5.84. The average Bonchev–Trinajstić information content (AvgIpc) is 2.49. The van der Waals surface area contributed by atoms with Crippen LogP contribution in [0.1, 0.15) is 33.6 Å². The molecule has 0 saturated carbocycles. The quantitative estimate of drug-likeness (QED) is 0.740. The molecule has 2 rings (SSSR count). The molecule has 0 spiro atoms. The molecule has 1 aliphatic rings. The van der Waals surface area contributed by atoms with E-state index in [2.05, 4.69) is 21.2 Å². The lowest BCUT2D eigenvalue weighted by atomic mass is 9.88. The highest BCUT2D eigenvalue weighted by Gasteiger charge is 2.44. The first-order chi connectivity index (χ1) is 11.5. The van der Waals surface area contributed by atoms with E-state index in [1.54, 1.807) is 39.0 Å². The fraction of sp³-hybridized carbons (Fsp3) is 0.529. The number of carboxylic acids is 1. The summed E-state index contributed by atoms with van der Waals surface area (Å²) in [5, 5.41) is 13.4. The molecule has 0 bridgehead atoms. The van der Waals surface area contributed by atoms with E-state index < -0.39 is 23.2 Å². The molecule has 1 unspecified atom stereocenters. The minimum absolute atomic E-state index is 0.0253. The van der Waals surface area contributed by atoms with Gasteiger partial charge in [-0.15, -0.1) is 0 Å². The second-order valence-corrected chi connectivity index (χ2v) is 8.41. The fourth-order valence-corrected chi connectivity index (χ4v) is 3.21. The summed E-state index contributed by atoms with van der Waals surface area (Å²) in [7, 11) is 0. The molecule has 138 valence electrons. The van der Waals surface area contributed by atoms with Crippen LogP contribution in [0.25, 0.3) is 0 Å². The minimum Gasteiger partial charge on any atom is -0.479 e. The Morgan fingerprint density at radius 3 is 2.64 bits per heavy atom. The van der Waals surface area contributed by atoms with Gasteiger partial charge in [-0.3, -0.25) is 0 Å². The predicted octanol–water partition coefficient (Wildman–Crippen LogP) is 4.37. The van der Waals surface area contributed by atoms with Gasteiger partial charge in [-0.1, -0.05) is 11.6 Å². The topological polar surface area (TPSA) is 78.9 Å². The number of hydrogen-bond acceptors (Lipinski definition) is 4. The van der Waals surface area contributed by atoms with Crippen molar-refractivity contribution in [3.8, 4) is 0 Å². The second-order valence-electron chi connectivity index (χ2n) is 7.15. The number of anilines is 1. The number of carboxylic acid groups (broad SMARTS) is 1. The third-order valence-electron chi connectivity index (χ3n) is 3.86. The molecule has 25 heavy (non-hydrogen) atoms. The molecule has 1 aromatic carbocycles. The summed E-state index contributed by atoms with van der Waals surface area (Å²) in [6.07, 6.45) is 0.465. The number of carbonyl (C=O) groups is 2. The lowest BCUT2D eigenvalue weighted by Gasteiger charge is -2.41. The molecule has 0 aromatic heterocycles. The van der Waals surface area contributed by atoms with Crippen molar-refractivity contribution >= 4 is 45.3 Å². The van der Waals surface area contributed by atoms with Crippen LogP contribution in [-0.4, -0.2) is 46.3 Å². The summed E-state index contributed by atoms with van der Waals surface area (Å²) in [5.74, 6) is -1.01. The van der Waals surface area contributed by atoms with Crippen LogP contribution in [0, 0.1) is 0 Å². The Morgan fingerprint density at radius 1 is 1.40 bits per heavy atom. The maximum atomic E-state index is 12.3. The number of amides is 1. The molecule has 1 aromatic rings. The number of nitrogens with one attached hydrogen (secondary N) is 1. The summed E-state index contributed by atoms with van der Waals surface area (Å²) in [4.78, 5) is 25.8. The lowest BCUT2D eigenvalue weighted by molar-refractivity contribution is -0.144. The van der Waals surface area contributed by atoms with E-state index in [0.29, 0.717) is 34.6 Å². The zero-order valence-corrected chi connectivity index (χ0v) is 16.8. The summed E-state index contributed by atoms with van der Waals surface area (Å²) >= 11 is 9.32. The first-order valence-corrected chi connectivity index (χ1v) is 9.14. The zero-order chi connectivity index (χ0) is 18.8. The Morgan fingerprint density at radius 2 is 2.08 bits per heavy atom. The van der Waals surface area contributed by atoms with Crippen LogP contribution in [0.3, 0.4) is 0 Å². The Kier molecular flexibility index (Phi) is 5.89. The first kappa shape index (κ1) is 19.8. The van der Waals surface area contributed by atoms with E-state index in [0.717, 1.165) is 0 Å². The highest BCUT2D eigenvalue weighted by atomic mass is 79.9. The SMILES string of the molecule is CC(C)(C)OC(=O)N1CCCC(Nc2ccc(Cl)c(Br)c2)(C(=O)O)C1. The Balaban J connectivity index is 2.22. The van der Waals surface area contributed by atoms with Crippen LogP contribution in [0.4, 0.5) is 10.5 Å². The van der Waals surface area contributed by atoms with Crippen molar-refractivity contribution in [2.24, 2.45) is 0 Å². The van der Waals surface area contributed by atoms with E-state index >= 15 is 0 Å². The van der Waals surface area contributed by atoms with Crippen LogP contribution >= 0.6 is 27.5 Å². The van der Waals surface area contributed by atoms with Gasteiger partial charge in [-0.2, -0.15) is 0 Å². The van der Waals surface area contributed by atoms with Gasteiger partial charge in [0.15, 0.2) is 5.54 Å². The minimum atomic E-state index is -1.28. The zero-order valence-electron chi connectivity index (χ0n) is 14.4. The molecule has 1 saturated heterocycles. The Labute approximate surface area is 160 Å². The number of piperidine rings is 1. The van der Waals surface area contributed by atoms with Crippen LogP contribution in [0.5, 0.6) is 0 Å². The normalized spacial score (nSPS) is 20.9. The highest BCUT2D eigenvalue weighted by molar-refractivity contribution is 9.10. The number of aliphatic carboxylic acids is 1. The van der Waals surface area contributed by atoms with Gasteiger partial charge in [0, 0.05) is 16.7 Å². The van der Waals surface area contributed by atoms with Crippen molar-refractivity contribution in [3.05, 3.63) is 27.7 Å². The number of nitrogens with zero attached hydrogens (tertiary/aromatic N) is 1. The monoisotopic (exact) mass is 432 g/mol. The number of ether oxygens (including phenoxy) is 1. The molecule has 1 heterocycles. The molecule has 1 aliphatic heterocycles. The number of likely N-dealkylation sites (tertiary alicyclic amines) is 1. The van der Waals surface area contributed by atoms with E-state index in [4.69, 9.17) is 16.3 Å². The first-order valence-electron chi connectivity index (χ1n) is 7.97. The van der Waals surface area contributed by atoms with Crippen molar-refractivity contribution < 1.29 is 19.4 Å². The number of benzene rings is 1. The molecule has 0 aliphatic carbocycles. The third-order valence-corrected chi connectivity index (χ3v) is 5.07. The standard InChI is InChI=1S/C17H22BrClN2O4/c1-16(2,3)25-15(24)21-8-4-7-17(10-21,14(22)23)20-11-5-6-13(19)12(18)9-11/h5-6,9,20H,4,7-8,10H2,1-3H3,(H,22,23). The Hall–Kier alpha value is -1.47. The second kappa shape index (κ2) is 7.41. The Bertz CT molecular complexity index is 677. The summed E-state index contributed by atoms with van der Waals surface area (Å²) < 4.78 is 6.04. The van der Waals surface area contributed by atoms with Crippen molar-refractivity contribution in [2.75, 3.05) is 18.4 Å². The van der Waals surface area contributed by atoms with Gasteiger partial charge >= 0.3 is 12.1 Å². The number of halogens is 2. The number of rotatable bonds is 3. The molecule has 8 heteroatoms. The van der Waals surface area contributed by atoms with Gasteiger partial charge in [-0.05, 0) is 67.7 Å². The fourth-order valence-electron chi connectivity index (χ4n) is 2.72. The molecular weight excluding hydrogens is 412 g/mol. The van der Waals surface area contributed by atoms with E-state index in [1.807, 2.05) is 0 Å². The van der Waals surface area contributed by atoms with Crippen molar-refractivity contribution in [1.29, 1.82) is 0 Å². The molecule has 6 nitrogen and oxygen atoms in total. The number of hydrogen-bond donors (Lipinski definition) is 2. The van der Waals surface area contributed by atoms with Crippen LogP contribution < -0.4 is 5.32 Å². The van der Waals surface area contributed by atoms with Crippen molar-refractivity contribution in [1.82, 2.24) is 4.90 Å². The molecule has 0 radical (unpaired) electrons. The molecule has 2 N–H and O–H groups in total. The maximum Gasteiger partial charge on any atom is 0.410 e. The molecule has 1 atom stereocenters. The van der Waals surface area contributed by atoms with Gasteiger partial charge in [0.2, 0.25) is 0 Å². The third kappa shape index (κ3) is 5.01. The van der Waals surface area contributed by atoms with Crippen LogP contribution in [-0.2, 0) is 9.53 Å². The van der Waals surface area contributed by atoms with Crippen molar-refractivity contribution in [2.45, 2.75) is 44.8 Å². The average molecular weight is 434 g/mol. The summed E-state index contributed by atoms with van der Waals surface area (Å²) in [5.41, 5.74) is -1.29. The highest BCUT2D eigenvalue weighted by Crippen LogP contribution is 2.31. The van der Waals surface area contributed by atoms with Gasteiger partial charge in [-0.25, -0.2) is 9.59 Å². The van der Waals surface area contributed by atoms with E-state index in [1.165, 1.54) is 4.90 Å². The van der Waals surface area contributed by atoms with E-state index in [-0.39, 0.29) is 6.54 Å². The molecule has 1 amide bonds.